The first kappa shape index (κ1) is 14.3. The molecule has 110 valence electrons. The zero-order valence-electron chi connectivity index (χ0n) is 11.8. The zero-order valence-corrected chi connectivity index (χ0v) is 11.8. The van der Waals surface area contributed by atoms with Gasteiger partial charge in [-0.2, -0.15) is 15.0 Å². The molecule has 1 aliphatic rings. The van der Waals surface area contributed by atoms with Crippen LogP contribution in [0.25, 0.3) is 0 Å². The number of methoxy groups -OCH3 is 1. The molecule has 20 heavy (non-hydrogen) atoms. The first-order valence-corrected chi connectivity index (χ1v) is 6.78. The van der Waals surface area contributed by atoms with Crippen LogP contribution < -0.4 is 20.3 Å². The molecule has 1 fully saturated rings. The molecule has 0 radical (unpaired) electrons. The lowest BCUT2D eigenvalue weighted by molar-refractivity contribution is -0.120. The smallest absolute Gasteiger partial charge is 0.322 e. The normalized spacial score (nSPS) is 15.5. The van der Waals surface area contributed by atoms with Crippen molar-refractivity contribution in [3.63, 3.8) is 0 Å². The van der Waals surface area contributed by atoms with Gasteiger partial charge in [0.2, 0.25) is 17.8 Å². The summed E-state index contributed by atoms with van der Waals surface area (Å²) in [6, 6.07) is 0.275. The Hall–Kier alpha value is -2.12. The van der Waals surface area contributed by atoms with Crippen LogP contribution in [0.5, 0.6) is 6.01 Å². The van der Waals surface area contributed by atoms with Gasteiger partial charge in [0.25, 0.3) is 0 Å². The second-order valence-corrected chi connectivity index (χ2v) is 4.46. The Bertz CT molecular complexity index is 467. The summed E-state index contributed by atoms with van der Waals surface area (Å²) in [6.45, 7) is 4.70. The Balaban J connectivity index is 2.18. The molecule has 0 aromatic carbocycles. The number of anilines is 2. The number of hydrogen-bond donors (Lipinski definition) is 2. The lowest BCUT2D eigenvalue weighted by Crippen LogP contribution is -2.30. The molecule has 1 aromatic rings. The van der Waals surface area contributed by atoms with Crippen molar-refractivity contribution >= 4 is 17.8 Å². The summed E-state index contributed by atoms with van der Waals surface area (Å²) in [7, 11) is 1.52. The SMILES string of the molecule is CCCNc1nc(OC)nc(N2CCNC(=O)CC2)n1. The maximum atomic E-state index is 11.4. The minimum atomic E-state index is 0.0536. The fourth-order valence-corrected chi connectivity index (χ4v) is 1.86. The highest BCUT2D eigenvalue weighted by Crippen LogP contribution is 2.15. The Kier molecular flexibility index (Phi) is 4.91. The topological polar surface area (TPSA) is 92.3 Å². The molecule has 1 aliphatic heterocycles. The largest absolute Gasteiger partial charge is 0.467 e. The quantitative estimate of drug-likeness (QED) is 0.786. The number of rotatable bonds is 5. The van der Waals surface area contributed by atoms with E-state index in [1.807, 2.05) is 4.90 Å². The highest BCUT2D eigenvalue weighted by molar-refractivity contribution is 5.77. The van der Waals surface area contributed by atoms with Crippen molar-refractivity contribution < 1.29 is 9.53 Å². The molecule has 2 rings (SSSR count). The van der Waals surface area contributed by atoms with Crippen LogP contribution in [0.4, 0.5) is 11.9 Å². The number of nitrogens with one attached hydrogen (secondary N) is 2. The van der Waals surface area contributed by atoms with E-state index in [2.05, 4.69) is 32.5 Å². The molecule has 0 aliphatic carbocycles. The second-order valence-electron chi connectivity index (χ2n) is 4.46. The molecule has 0 unspecified atom stereocenters. The molecule has 0 atom stereocenters. The average Bonchev–Trinajstić information content (AvgIpc) is 2.69. The predicted molar refractivity (Wildman–Crippen MR) is 75.0 cm³/mol. The van der Waals surface area contributed by atoms with E-state index < -0.39 is 0 Å². The van der Waals surface area contributed by atoms with Crippen LogP contribution in [0.15, 0.2) is 0 Å². The maximum absolute atomic E-state index is 11.4. The summed E-state index contributed by atoms with van der Waals surface area (Å²) < 4.78 is 5.11. The molecular weight excluding hydrogens is 260 g/mol. The van der Waals surface area contributed by atoms with Gasteiger partial charge in [-0.15, -0.1) is 0 Å². The molecule has 8 heteroatoms. The van der Waals surface area contributed by atoms with Gasteiger partial charge in [-0.25, -0.2) is 0 Å². The van der Waals surface area contributed by atoms with E-state index in [1.54, 1.807) is 0 Å². The van der Waals surface area contributed by atoms with Crippen LogP contribution in [-0.2, 0) is 4.79 Å². The molecule has 0 bridgehead atoms. The Morgan fingerprint density at radius 1 is 1.35 bits per heavy atom. The van der Waals surface area contributed by atoms with Crippen LogP contribution in [-0.4, -0.2) is 54.1 Å². The lowest BCUT2D eigenvalue weighted by Gasteiger charge is -2.20. The Morgan fingerprint density at radius 2 is 2.20 bits per heavy atom. The summed E-state index contributed by atoms with van der Waals surface area (Å²) in [5.41, 5.74) is 0. The number of aromatic nitrogens is 3. The van der Waals surface area contributed by atoms with Gasteiger partial charge in [-0.1, -0.05) is 6.92 Å². The number of carbonyl (C=O) groups is 1. The highest BCUT2D eigenvalue weighted by Gasteiger charge is 2.18. The number of amides is 1. The molecule has 0 saturated carbocycles. The van der Waals surface area contributed by atoms with Crippen LogP contribution >= 0.6 is 0 Å². The van der Waals surface area contributed by atoms with Crippen LogP contribution in [0.2, 0.25) is 0 Å². The van der Waals surface area contributed by atoms with Gasteiger partial charge in [0.15, 0.2) is 0 Å². The third-order valence-electron chi connectivity index (χ3n) is 2.91. The van der Waals surface area contributed by atoms with Crippen molar-refractivity contribution in [2.45, 2.75) is 19.8 Å². The van der Waals surface area contributed by atoms with E-state index in [0.717, 1.165) is 13.0 Å². The van der Waals surface area contributed by atoms with Gasteiger partial charge in [0, 0.05) is 32.6 Å². The number of ether oxygens (including phenoxy) is 1. The van der Waals surface area contributed by atoms with Gasteiger partial charge in [-0.3, -0.25) is 4.79 Å². The molecule has 2 N–H and O–H groups in total. The first-order chi connectivity index (χ1) is 9.72. The fraction of sp³-hybridized carbons (Fsp3) is 0.667. The predicted octanol–water partition coefficient (Wildman–Crippen LogP) is 0.0284. The van der Waals surface area contributed by atoms with E-state index >= 15 is 0 Å². The maximum Gasteiger partial charge on any atom is 0.322 e. The van der Waals surface area contributed by atoms with Crippen molar-refractivity contribution in [3.8, 4) is 6.01 Å². The van der Waals surface area contributed by atoms with Gasteiger partial charge in [0.1, 0.15) is 0 Å². The number of hydrogen-bond acceptors (Lipinski definition) is 7. The van der Waals surface area contributed by atoms with Gasteiger partial charge in [0.05, 0.1) is 7.11 Å². The van der Waals surface area contributed by atoms with Gasteiger partial charge < -0.3 is 20.3 Å². The monoisotopic (exact) mass is 280 g/mol. The van der Waals surface area contributed by atoms with Crippen molar-refractivity contribution in [2.24, 2.45) is 0 Å². The van der Waals surface area contributed by atoms with Crippen molar-refractivity contribution in [1.82, 2.24) is 20.3 Å². The molecular formula is C12H20N6O2. The molecule has 0 spiro atoms. The first-order valence-electron chi connectivity index (χ1n) is 6.78. The summed E-state index contributed by atoms with van der Waals surface area (Å²) >= 11 is 0. The van der Waals surface area contributed by atoms with Crippen molar-refractivity contribution in [2.75, 3.05) is 43.5 Å². The standard InChI is InChI=1S/C12H20N6O2/c1-3-5-14-10-15-11(17-12(16-10)20-2)18-7-4-9(19)13-6-8-18/h3-8H2,1-2H3,(H,13,19)(H,14,15,16,17). The number of carbonyl (C=O) groups excluding carboxylic acids is 1. The average molecular weight is 280 g/mol. The molecule has 1 aromatic heterocycles. The van der Waals surface area contributed by atoms with E-state index in [1.165, 1.54) is 7.11 Å². The third kappa shape index (κ3) is 3.69. The molecule has 2 heterocycles. The summed E-state index contributed by atoms with van der Waals surface area (Å²) in [4.78, 5) is 26.1. The van der Waals surface area contributed by atoms with Crippen molar-refractivity contribution in [3.05, 3.63) is 0 Å². The van der Waals surface area contributed by atoms with Crippen LogP contribution in [0.3, 0.4) is 0 Å². The van der Waals surface area contributed by atoms with Crippen LogP contribution in [0.1, 0.15) is 19.8 Å². The summed E-state index contributed by atoms with van der Waals surface area (Å²) in [5, 5.41) is 5.94. The Labute approximate surface area is 118 Å². The molecule has 8 nitrogen and oxygen atoms in total. The molecule has 1 saturated heterocycles. The summed E-state index contributed by atoms with van der Waals surface area (Å²) in [5.74, 6) is 1.09. The van der Waals surface area contributed by atoms with E-state index in [9.17, 15) is 4.79 Å². The van der Waals surface area contributed by atoms with Crippen molar-refractivity contribution in [1.29, 1.82) is 0 Å². The van der Waals surface area contributed by atoms with E-state index in [-0.39, 0.29) is 11.9 Å². The lowest BCUT2D eigenvalue weighted by atomic mass is 10.4. The molecule has 1 amide bonds. The van der Waals surface area contributed by atoms with Gasteiger partial charge in [-0.05, 0) is 6.42 Å². The third-order valence-corrected chi connectivity index (χ3v) is 2.91. The summed E-state index contributed by atoms with van der Waals surface area (Å²) in [6.07, 6.45) is 1.41. The van der Waals surface area contributed by atoms with Gasteiger partial charge >= 0.3 is 6.01 Å². The second kappa shape index (κ2) is 6.88. The van der Waals surface area contributed by atoms with E-state index in [4.69, 9.17) is 4.74 Å². The highest BCUT2D eigenvalue weighted by atomic mass is 16.5. The fourth-order valence-electron chi connectivity index (χ4n) is 1.86. The zero-order chi connectivity index (χ0) is 14.4. The minimum Gasteiger partial charge on any atom is -0.467 e. The number of nitrogens with zero attached hydrogens (tertiary/aromatic N) is 4. The van der Waals surface area contributed by atoms with E-state index in [0.29, 0.717) is 38.0 Å². The Morgan fingerprint density at radius 3 is 2.95 bits per heavy atom. The minimum absolute atomic E-state index is 0.0536. The van der Waals surface area contributed by atoms with Crippen LogP contribution in [0, 0.1) is 0 Å².